The van der Waals surface area contributed by atoms with Gasteiger partial charge >= 0.3 is 33.6 Å². The first-order chi connectivity index (χ1) is 49.2. The second-order valence-corrected chi connectivity index (χ2v) is 28.7. The molecule has 578 valence electrons. The molecule has 101 heavy (non-hydrogen) atoms. The number of aliphatic hydroxyl groups excluding tert-OH is 2. The van der Waals surface area contributed by atoms with E-state index in [1.54, 1.807) is 0 Å². The number of carbonyl (C=O) groups is 3. The van der Waals surface area contributed by atoms with E-state index in [9.17, 15) is 43.5 Å². The maximum absolute atomic E-state index is 12.9. The highest BCUT2D eigenvalue weighted by atomic mass is 31.2. The van der Waals surface area contributed by atoms with Crippen molar-refractivity contribution in [3.05, 3.63) is 146 Å². The Labute approximate surface area is 613 Å². The summed E-state index contributed by atoms with van der Waals surface area (Å²) in [5, 5.41) is 20.6. The molecule has 0 spiro atoms. The highest BCUT2D eigenvalue weighted by Crippen LogP contribution is 2.45. The Morgan fingerprint density at radius 2 is 0.525 bits per heavy atom. The minimum atomic E-state index is -4.93. The van der Waals surface area contributed by atoms with Crippen molar-refractivity contribution in [2.45, 2.75) is 322 Å². The molecule has 0 aromatic heterocycles. The van der Waals surface area contributed by atoms with E-state index in [4.69, 9.17) is 32.3 Å². The molecule has 0 aliphatic carbocycles. The van der Waals surface area contributed by atoms with E-state index >= 15 is 0 Å². The Bertz CT molecular complexity index is 2420. The minimum Gasteiger partial charge on any atom is -0.463 e. The molecular weight excluding hydrogens is 1310 g/mol. The number of aliphatic hydroxyl groups is 2. The number of esters is 3. The number of hydrogen-bond donors (Lipinski definition) is 4. The van der Waals surface area contributed by atoms with E-state index in [1.807, 2.05) is 0 Å². The van der Waals surface area contributed by atoms with Crippen LogP contribution in [0.1, 0.15) is 303 Å². The maximum Gasteiger partial charge on any atom is 0.472 e. The zero-order chi connectivity index (χ0) is 73.7. The van der Waals surface area contributed by atoms with Crippen molar-refractivity contribution in [3.8, 4) is 0 Å². The van der Waals surface area contributed by atoms with Crippen molar-refractivity contribution in [2.75, 3.05) is 39.6 Å². The molecule has 0 aromatic rings. The number of phosphoric ester groups is 2. The van der Waals surface area contributed by atoms with Crippen LogP contribution in [-0.2, 0) is 55.8 Å². The number of unbranched alkanes of at least 4 members (excludes halogenated alkanes) is 26. The van der Waals surface area contributed by atoms with Gasteiger partial charge in [0.25, 0.3) is 0 Å². The van der Waals surface area contributed by atoms with Gasteiger partial charge in [0, 0.05) is 19.3 Å². The lowest BCUT2D eigenvalue weighted by atomic mass is 10.0. The summed E-state index contributed by atoms with van der Waals surface area (Å²) >= 11 is 0. The molecule has 0 rings (SSSR count). The van der Waals surface area contributed by atoms with Crippen LogP contribution in [0, 0.1) is 0 Å². The van der Waals surface area contributed by atoms with E-state index in [0.29, 0.717) is 19.3 Å². The molecular formula is C83H140O16P2. The summed E-state index contributed by atoms with van der Waals surface area (Å²) < 4.78 is 61.0. The average Bonchev–Trinajstić information content (AvgIpc) is 0.947. The van der Waals surface area contributed by atoms with Crippen molar-refractivity contribution in [1.29, 1.82) is 0 Å². The Hall–Kier alpha value is -4.57. The van der Waals surface area contributed by atoms with E-state index < -0.39 is 91.5 Å². The van der Waals surface area contributed by atoms with Crippen LogP contribution in [0.5, 0.6) is 0 Å². The lowest BCUT2D eigenvalue weighted by Crippen LogP contribution is -2.30. The van der Waals surface area contributed by atoms with Gasteiger partial charge < -0.3 is 34.2 Å². The van der Waals surface area contributed by atoms with Crippen LogP contribution in [0.25, 0.3) is 0 Å². The van der Waals surface area contributed by atoms with E-state index in [2.05, 4.69) is 167 Å². The predicted octanol–water partition coefficient (Wildman–Crippen LogP) is 22.9. The van der Waals surface area contributed by atoms with Gasteiger partial charge in [0.15, 0.2) is 6.10 Å². The van der Waals surface area contributed by atoms with Crippen LogP contribution in [-0.4, -0.2) is 95.9 Å². The standard InChI is InChI=1S/C83H140O16P2/c1-4-7-10-13-16-19-22-24-26-28-30-32-34-36-38-40-42-44-46-48-50-52-55-57-60-63-66-69-81(86)93-72-78(84)73-95-100(89,90)96-74-79(85)75-97-101(91,92)98-77-80(99-83(88)71-68-65-62-59-54-21-18-15-12-9-6-3)76-94-82(87)70-67-64-61-58-56-53-51-49-47-45-43-41-39-37-35-33-31-29-27-25-23-20-17-14-11-8-5-2/h7-8,10-11,15-20,24-27,30-33,36-39,42,44,78-80,84-85H,4-6,9,12-14,21-23,28-29,34-35,40-41,43,45-77H2,1-3H3,(H,89,90)(H,91,92)/b10-7-,11-8-,18-15-,19-16-,20-17-,26-24-,27-25-,32-30-,33-31-,38-36-,39-37-,44-42-. The van der Waals surface area contributed by atoms with Gasteiger partial charge in [-0.1, -0.05) is 295 Å². The van der Waals surface area contributed by atoms with Crippen molar-refractivity contribution in [1.82, 2.24) is 0 Å². The fourth-order valence-corrected chi connectivity index (χ4v) is 11.7. The summed E-state index contributed by atoms with van der Waals surface area (Å²) in [6.45, 7) is 2.39. The maximum atomic E-state index is 12.9. The summed E-state index contributed by atoms with van der Waals surface area (Å²) in [5.74, 6) is -1.60. The van der Waals surface area contributed by atoms with Gasteiger partial charge in [0.1, 0.15) is 25.4 Å². The number of rotatable bonds is 73. The van der Waals surface area contributed by atoms with Gasteiger partial charge in [-0.05, 0) is 135 Å². The molecule has 16 nitrogen and oxygen atoms in total. The zero-order valence-electron chi connectivity index (χ0n) is 63.0. The van der Waals surface area contributed by atoms with Crippen LogP contribution in [0.15, 0.2) is 146 Å². The van der Waals surface area contributed by atoms with Crippen LogP contribution in [0.2, 0.25) is 0 Å². The molecule has 0 aromatic carbocycles. The molecule has 5 unspecified atom stereocenters. The first-order valence-electron chi connectivity index (χ1n) is 39.1. The third kappa shape index (κ3) is 76.4. The monoisotopic (exact) mass is 1450 g/mol. The third-order valence-electron chi connectivity index (χ3n) is 16.0. The normalized spacial score (nSPS) is 14.8. The van der Waals surface area contributed by atoms with Gasteiger partial charge in [-0.2, -0.15) is 0 Å². The first-order valence-corrected chi connectivity index (χ1v) is 42.1. The summed E-state index contributed by atoms with van der Waals surface area (Å²) in [4.78, 5) is 58.5. The molecule has 0 radical (unpaired) electrons. The fraction of sp³-hybridized carbons (Fsp3) is 0.675. The zero-order valence-corrected chi connectivity index (χ0v) is 64.8. The molecule has 0 saturated carbocycles. The molecule has 0 aliphatic heterocycles. The number of ether oxygens (including phenoxy) is 3. The van der Waals surface area contributed by atoms with Gasteiger partial charge in [-0.15, -0.1) is 0 Å². The predicted molar refractivity (Wildman–Crippen MR) is 417 cm³/mol. The van der Waals surface area contributed by atoms with Crippen molar-refractivity contribution in [2.24, 2.45) is 0 Å². The second kappa shape index (κ2) is 75.1. The molecule has 0 heterocycles. The minimum absolute atomic E-state index is 0.0907. The number of hydrogen-bond acceptors (Lipinski definition) is 14. The molecule has 18 heteroatoms. The topological polar surface area (TPSA) is 231 Å². The fourth-order valence-electron chi connectivity index (χ4n) is 10.1. The summed E-state index contributed by atoms with van der Waals surface area (Å²) in [5.41, 5.74) is 0. The van der Waals surface area contributed by atoms with Gasteiger partial charge in [-0.25, -0.2) is 9.13 Å². The van der Waals surface area contributed by atoms with Crippen molar-refractivity contribution < 1.29 is 75.8 Å². The van der Waals surface area contributed by atoms with Gasteiger partial charge in [-0.3, -0.25) is 32.5 Å². The summed E-state index contributed by atoms with van der Waals surface area (Å²) in [6, 6.07) is 0. The number of allylic oxidation sites excluding steroid dienone is 24. The van der Waals surface area contributed by atoms with Crippen LogP contribution >= 0.6 is 15.6 Å². The highest BCUT2D eigenvalue weighted by molar-refractivity contribution is 7.47. The van der Waals surface area contributed by atoms with Gasteiger partial charge in [0.05, 0.1) is 26.4 Å². The third-order valence-corrected chi connectivity index (χ3v) is 17.9. The van der Waals surface area contributed by atoms with E-state index in [1.165, 1.54) is 70.6 Å². The molecule has 4 N–H and O–H groups in total. The SMILES string of the molecule is CC/C=C\C/C=C\C/C=C\C/C=C\C/C=C\C/C=C\CCCCCCCCCCC(=O)OCC(O)COP(=O)(O)OCC(O)COP(=O)(O)OCC(COC(=O)CCCCCCCCCCCCC/C=C\C/C=C\C/C=C\C/C=C\C/C=C\CC)OC(=O)CCCCCCC/C=C\CCCC. The smallest absolute Gasteiger partial charge is 0.463 e. The summed E-state index contributed by atoms with van der Waals surface area (Å²) in [6.07, 6.45) is 91.9. The quantitative estimate of drug-likeness (QED) is 0.0146. The molecule has 0 fully saturated rings. The molecule has 0 amide bonds. The Kier molecular flexibility index (Phi) is 71.7. The van der Waals surface area contributed by atoms with E-state index in [0.717, 1.165) is 173 Å². The lowest BCUT2D eigenvalue weighted by molar-refractivity contribution is -0.161. The number of carbonyl (C=O) groups excluding carboxylic acids is 3. The van der Waals surface area contributed by atoms with Gasteiger partial charge in [0.2, 0.25) is 0 Å². The second-order valence-electron chi connectivity index (χ2n) is 25.7. The average molecular weight is 1460 g/mol. The Balaban J connectivity index is 4.49. The van der Waals surface area contributed by atoms with Crippen LogP contribution < -0.4 is 0 Å². The van der Waals surface area contributed by atoms with E-state index in [-0.39, 0.29) is 19.3 Å². The molecule has 0 bridgehead atoms. The Morgan fingerprint density at radius 3 is 0.842 bits per heavy atom. The largest absolute Gasteiger partial charge is 0.472 e. The van der Waals surface area contributed by atoms with Crippen LogP contribution in [0.4, 0.5) is 0 Å². The summed E-state index contributed by atoms with van der Waals surface area (Å²) in [7, 11) is -9.79. The molecule has 0 aliphatic rings. The molecule has 5 atom stereocenters. The highest BCUT2D eigenvalue weighted by Gasteiger charge is 2.29. The van der Waals surface area contributed by atoms with Crippen LogP contribution in [0.3, 0.4) is 0 Å². The Morgan fingerprint density at radius 1 is 0.287 bits per heavy atom. The van der Waals surface area contributed by atoms with Crippen molar-refractivity contribution >= 4 is 33.6 Å². The lowest BCUT2D eigenvalue weighted by Gasteiger charge is -2.21. The first kappa shape index (κ1) is 96.4. The van der Waals surface area contributed by atoms with Crippen molar-refractivity contribution in [3.63, 3.8) is 0 Å². The molecule has 0 saturated heterocycles. The number of phosphoric acid groups is 2.